The van der Waals surface area contributed by atoms with Gasteiger partial charge in [-0.3, -0.25) is 14.4 Å². The smallest absolute Gasteiger partial charge is 0.264 e. The van der Waals surface area contributed by atoms with E-state index in [2.05, 4.69) is 16.7 Å². The Hall–Kier alpha value is -3.70. The van der Waals surface area contributed by atoms with E-state index in [-0.39, 0.29) is 36.0 Å². The molecule has 0 spiro atoms. The van der Waals surface area contributed by atoms with Crippen molar-refractivity contribution in [2.75, 3.05) is 13.1 Å². The van der Waals surface area contributed by atoms with Gasteiger partial charge < -0.3 is 20.6 Å². The quantitative estimate of drug-likeness (QED) is 0.568. The fourth-order valence-corrected chi connectivity index (χ4v) is 7.25. The Kier molecular flexibility index (Phi) is 6.19. The van der Waals surface area contributed by atoms with Gasteiger partial charge >= 0.3 is 0 Å². The van der Waals surface area contributed by atoms with Crippen molar-refractivity contribution in [2.24, 2.45) is 17.8 Å². The van der Waals surface area contributed by atoms with E-state index in [0.717, 1.165) is 36.8 Å². The minimum atomic E-state index is -1.89. The van der Waals surface area contributed by atoms with Gasteiger partial charge in [-0.25, -0.2) is 0 Å². The number of hydrogen-bond donors (Lipinski definition) is 3. The lowest BCUT2D eigenvalue weighted by atomic mass is 9.88. The summed E-state index contributed by atoms with van der Waals surface area (Å²) >= 11 is 0. The molecule has 2 aromatic rings. The summed E-state index contributed by atoms with van der Waals surface area (Å²) in [6, 6.07) is 15.3. The first-order chi connectivity index (χ1) is 18.4. The number of benzene rings is 2. The van der Waals surface area contributed by atoms with E-state index in [0.29, 0.717) is 30.6 Å². The molecule has 1 saturated carbocycles. The minimum absolute atomic E-state index is 0.0215. The lowest BCUT2D eigenvalue weighted by Gasteiger charge is -2.34. The van der Waals surface area contributed by atoms with Crippen LogP contribution in [0.3, 0.4) is 0 Å². The average Bonchev–Trinajstić information content (AvgIpc) is 3.61. The van der Waals surface area contributed by atoms with Crippen LogP contribution in [-0.2, 0) is 20.0 Å². The summed E-state index contributed by atoms with van der Waals surface area (Å²) in [4.78, 5) is 41.9. The molecule has 8 heteroatoms. The van der Waals surface area contributed by atoms with Gasteiger partial charge in [0.05, 0.1) is 6.07 Å². The summed E-state index contributed by atoms with van der Waals surface area (Å²) in [5, 5.41) is 27.6. The van der Waals surface area contributed by atoms with Crippen LogP contribution in [0, 0.1) is 29.1 Å². The summed E-state index contributed by atoms with van der Waals surface area (Å²) < 4.78 is 0. The van der Waals surface area contributed by atoms with Crippen molar-refractivity contribution in [2.45, 2.75) is 56.2 Å². The second-order valence-corrected chi connectivity index (χ2v) is 11.1. The van der Waals surface area contributed by atoms with E-state index >= 15 is 0 Å². The number of amides is 3. The molecule has 8 nitrogen and oxygen atoms in total. The van der Waals surface area contributed by atoms with Gasteiger partial charge in [0.15, 0.2) is 5.60 Å². The van der Waals surface area contributed by atoms with E-state index in [1.807, 2.05) is 36.4 Å². The molecule has 3 amide bonds. The second-order valence-electron chi connectivity index (χ2n) is 11.1. The van der Waals surface area contributed by atoms with Crippen molar-refractivity contribution in [3.05, 3.63) is 59.7 Å². The highest BCUT2D eigenvalue weighted by atomic mass is 16.3. The molecular weight excluding hydrogens is 480 g/mol. The Morgan fingerprint density at radius 1 is 1.08 bits per heavy atom. The Bertz CT molecular complexity index is 1290. The summed E-state index contributed by atoms with van der Waals surface area (Å²) in [5.41, 5.74) is 0.796. The SMILES string of the molecule is N#C[C@@H](C[C@H]1CCCNC1=O)NC(=O)[C@H]1[C@H]2CCC[C@H]2CN1C(=O)C1(O)c2ccccc2-c2ccccc21. The van der Waals surface area contributed by atoms with E-state index in [9.17, 15) is 24.8 Å². The van der Waals surface area contributed by atoms with Crippen molar-refractivity contribution in [3.8, 4) is 17.2 Å². The lowest BCUT2D eigenvalue weighted by Crippen LogP contribution is -2.55. The summed E-state index contributed by atoms with van der Waals surface area (Å²) in [5.74, 6) is -1.12. The first-order valence-electron chi connectivity index (χ1n) is 13.6. The fourth-order valence-electron chi connectivity index (χ4n) is 7.25. The van der Waals surface area contributed by atoms with Crippen molar-refractivity contribution >= 4 is 17.7 Å². The topological polar surface area (TPSA) is 123 Å². The van der Waals surface area contributed by atoms with Gasteiger partial charge in [0, 0.05) is 30.1 Å². The maximum absolute atomic E-state index is 14.3. The van der Waals surface area contributed by atoms with Crippen LogP contribution in [0.15, 0.2) is 48.5 Å². The standard InChI is InChI=1S/C30H32N4O4/c31-16-20(15-18-8-6-14-32-27(18)35)33-28(36)26-21-11-5-7-19(21)17-34(26)29(37)30(38)24-12-3-1-9-22(24)23-10-2-4-13-25(23)30/h1-4,9-10,12-13,18-21,26,38H,5-8,11,14-15,17H2,(H,32,35)(H,33,36)/t18-,19+,20-,21+,26-/m1/s1. The molecule has 3 N–H and O–H groups in total. The van der Waals surface area contributed by atoms with Crippen molar-refractivity contribution < 1.29 is 19.5 Å². The second kappa shape index (κ2) is 9.55. The molecule has 6 rings (SSSR count). The molecule has 2 saturated heterocycles. The maximum Gasteiger partial charge on any atom is 0.264 e. The highest BCUT2D eigenvalue weighted by molar-refractivity contribution is 6.01. The molecule has 0 radical (unpaired) electrons. The normalized spacial score (nSPS) is 27.5. The zero-order valence-corrected chi connectivity index (χ0v) is 21.2. The number of hydrogen-bond acceptors (Lipinski definition) is 5. The molecule has 0 aromatic heterocycles. The molecule has 2 aliphatic heterocycles. The number of nitrogens with zero attached hydrogens (tertiary/aromatic N) is 2. The zero-order chi connectivity index (χ0) is 26.4. The zero-order valence-electron chi connectivity index (χ0n) is 21.2. The third-order valence-electron chi connectivity index (χ3n) is 9.05. The Morgan fingerprint density at radius 3 is 2.42 bits per heavy atom. The number of likely N-dealkylation sites (tertiary alicyclic amines) is 1. The predicted molar refractivity (Wildman–Crippen MR) is 139 cm³/mol. The molecule has 4 aliphatic rings. The first-order valence-corrected chi connectivity index (χ1v) is 13.6. The van der Waals surface area contributed by atoms with Gasteiger partial charge in [0.25, 0.3) is 5.91 Å². The molecular formula is C30H32N4O4. The van der Waals surface area contributed by atoms with Gasteiger partial charge in [-0.15, -0.1) is 0 Å². The van der Waals surface area contributed by atoms with Crippen LogP contribution in [0.2, 0.25) is 0 Å². The van der Waals surface area contributed by atoms with Crippen LogP contribution in [0.1, 0.15) is 49.7 Å². The number of piperidine rings is 1. The Balaban J connectivity index is 1.30. The molecule has 196 valence electrons. The number of nitrogens with one attached hydrogen (secondary N) is 2. The molecule has 2 aromatic carbocycles. The van der Waals surface area contributed by atoms with Gasteiger partial charge in [-0.1, -0.05) is 55.0 Å². The number of rotatable bonds is 5. The van der Waals surface area contributed by atoms with E-state index in [1.54, 1.807) is 17.0 Å². The largest absolute Gasteiger partial charge is 0.372 e. The molecule has 3 fully saturated rings. The fraction of sp³-hybridized carbons (Fsp3) is 0.467. The van der Waals surface area contributed by atoms with Crippen LogP contribution in [0.5, 0.6) is 0 Å². The number of nitriles is 1. The average molecular weight is 513 g/mol. The van der Waals surface area contributed by atoms with E-state index in [1.165, 1.54) is 0 Å². The highest BCUT2D eigenvalue weighted by Gasteiger charge is 2.56. The predicted octanol–water partition coefficient (Wildman–Crippen LogP) is 2.45. The monoisotopic (exact) mass is 512 g/mol. The van der Waals surface area contributed by atoms with Gasteiger partial charge in [-0.05, 0) is 55.1 Å². The van der Waals surface area contributed by atoms with Crippen molar-refractivity contribution in [1.29, 1.82) is 5.26 Å². The number of carbonyl (C=O) groups is 3. The van der Waals surface area contributed by atoms with Crippen LogP contribution in [0.4, 0.5) is 0 Å². The molecule has 0 bridgehead atoms. The van der Waals surface area contributed by atoms with E-state index < -0.39 is 23.6 Å². The van der Waals surface area contributed by atoms with Crippen LogP contribution >= 0.6 is 0 Å². The van der Waals surface area contributed by atoms with Crippen LogP contribution in [-0.4, -0.2) is 52.9 Å². The summed E-state index contributed by atoms with van der Waals surface area (Å²) in [6.07, 6.45) is 4.51. The Labute approximate surface area is 222 Å². The minimum Gasteiger partial charge on any atom is -0.372 e. The molecule has 0 unspecified atom stereocenters. The maximum atomic E-state index is 14.3. The van der Waals surface area contributed by atoms with Crippen LogP contribution < -0.4 is 10.6 Å². The first kappa shape index (κ1) is 24.6. The van der Waals surface area contributed by atoms with Crippen molar-refractivity contribution in [1.82, 2.24) is 15.5 Å². The number of aliphatic hydroxyl groups is 1. The van der Waals surface area contributed by atoms with Gasteiger partial charge in [0.2, 0.25) is 11.8 Å². The highest BCUT2D eigenvalue weighted by Crippen LogP contribution is 2.50. The lowest BCUT2D eigenvalue weighted by molar-refractivity contribution is -0.152. The molecule has 2 aliphatic carbocycles. The van der Waals surface area contributed by atoms with Gasteiger partial charge in [-0.2, -0.15) is 5.26 Å². The third-order valence-corrected chi connectivity index (χ3v) is 9.05. The van der Waals surface area contributed by atoms with Crippen LogP contribution in [0.25, 0.3) is 11.1 Å². The third kappa shape index (κ3) is 3.80. The number of fused-ring (bicyclic) bond motifs is 4. The van der Waals surface area contributed by atoms with Gasteiger partial charge in [0.1, 0.15) is 12.1 Å². The molecule has 5 atom stereocenters. The summed E-state index contributed by atoms with van der Waals surface area (Å²) in [7, 11) is 0. The molecule has 2 heterocycles. The Morgan fingerprint density at radius 2 is 1.76 bits per heavy atom. The number of carbonyl (C=O) groups excluding carboxylic acids is 3. The summed E-state index contributed by atoms with van der Waals surface area (Å²) in [6.45, 7) is 1.03. The molecule has 38 heavy (non-hydrogen) atoms. The van der Waals surface area contributed by atoms with Crippen molar-refractivity contribution in [3.63, 3.8) is 0 Å². The van der Waals surface area contributed by atoms with E-state index in [4.69, 9.17) is 0 Å².